The molecular formula is C15H24N2O3. The Balaban J connectivity index is 1.97. The zero-order chi connectivity index (χ0) is 14.8. The molecule has 1 heterocycles. The average Bonchev–Trinajstić information content (AvgIpc) is 3.28. The normalized spacial score (nSPS) is 21.4. The molecule has 2 rings (SSSR count). The van der Waals surface area contributed by atoms with E-state index in [1.54, 1.807) is 11.0 Å². The van der Waals surface area contributed by atoms with Gasteiger partial charge in [0.25, 0.3) is 0 Å². The molecule has 1 saturated carbocycles. The first-order valence-corrected chi connectivity index (χ1v) is 7.44. The van der Waals surface area contributed by atoms with Crippen LogP contribution >= 0.6 is 0 Å². The first-order chi connectivity index (χ1) is 9.54. The number of rotatable bonds is 5. The summed E-state index contributed by atoms with van der Waals surface area (Å²) in [6, 6.07) is 0.403. The highest BCUT2D eigenvalue weighted by Crippen LogP contribution is 2.36. The first-order valence-electron chi connectivity index (χ1n) is 7.44. The third kappa shape index (κ3) is 2.81. The molecule has 0 spiro atoms. The van der Waals surface area contributed by atoms with Crippen LogP contribution in [0, 0.1) is 5.41 Å². The Bertz CT molecular complexity index is 396. The van der Waals surface area contributed by atoms with E-state index in [-0.39, 0.29) is 6.03 Å². The van der Waals surface area contributed by atoms with E-state index in [1.165, 1.54) is 0 Å². The third-order valence-electron chi connectivity index (χ3n) is 4.68. The van der Waals surface area contributed by atoms with Gasteiger partial charge in [-0.3, -0.25) is 4.79 Å². The van der Waals surface area contributed by atoms with Crippen LogP contribution in [0.15, 0.2) is 12.7 Å². The Kier molecular flexibility index (Phi) is 4.35. The SMILES string of the molecule is C=CCN(C(=O)N1CCC(CC)(C(=O)O)CC1)C1CC1. The van der Waals surface area contributed by atoms with Gasteiger partial charge in [-0.1, -0.05) is 13.0 Å². The zero-order valence-corrected chi connectivity index (χ0v) is 12.2. The molecule has 112 valence electrons. The fourth-order valence-corrected chi connectivity index (χ4v) is 2.93. The van der Waals surface area contributed by atoms with E-state index in [9.17, 15) is 14.7 Å². The van der Waals surface area contributed by atoms with E-state index >= 15 is 0 Å². The number of piperidine rings is 1. The van der Waals surface area contributed by atoms with Crippen molar-refractivity contribution in [3.05, 3.63) is 12.7 Å². The molecule has 2 fully saturated rings. The minimum atomic E-state index is -0.725. The highest BCUT2D eigenvalue weighted by atomic mass is 16.4. The predicted molar refractivity (Wildman–Crippen MR) is 76.5 cm³/mol. The van der Waals surface area contributed by atoms with E-state index in [0.29, 0.717) is 44.9 Å². The summed E-state index contributed by atoms with van der Waals surface area (Å²) in [5.74, 6) is -0.725. The smallest absolute Gasteiger partial charge is 0.320 e. The van der Waals surface area contributed by atoms with Gasteiger partial charge in [0.2, 0.25) is 0 Å². The Morgan fingerprint density at radius 2 is 2.00 bits per heavy atom. The zero-order valence-electron chi connectivity index (χ0n) is 12.2. The standard InChI is InChI=1S/C15H24N2O3/c1-3-9-17(12-5-6-12)14(20)16-10-7-15(4-2,8-11-16)13(18)19/h3,12H,1,4-11H2,2H3,(H,18,19). The lowest BCUT2D eigenvalue weighted by molar-refractivity contribution is -0.152. The number of hydrogen-bond donors (Lipinski definition) is 1. The molecule has 0 aromatic heterocycles. The van der Waals surface area contributed by atoms with E-state index in [0.717, 1.165) is 12.8 Å². The second kappa shape index (κ2) is 5.85. The summed E-state index contributed by atoms with van der Waals surface area (Å²) in [6.07, 6.45) is 5.63. The lowest BCUT2D eigenvalue weighted by Crippen LogP contribution is -2.51. The van der Waals surface area contributed by atoms with Gasteiger partial charge in [0.1, 0.15) is 0 Å². The third-order valence-corrected chi connectivity index (χ3v) is 4.68. The van der Waals surface area contributed by atoms with Crippen LogP contribution in [0.2, 0.25) is 0 Å². The van der Waals surface area contributed by atoms with Gasteiger partial charge in [-0.25, -0.2) is 4.79 Å². The van der Waals surface area contributed by atoms with Crippen molar-refractivity contribution in [2.75, 3.05) is 19.6 Å². The van der Waals surface area contributed by atoms with Crippen LogP contribution in [0.1, 0.15) is 39.0 Å². The Morgan fingerprint density at radius 1 is 1.40 bits per heavy atom. The van der Waals surface area contributed by atoms with Crippen molar-refractivity contribution in [1.29, 1.82) is 0 Å². The molecule has 1 aliphatic heterocycles. The minimum Gasteiger partial charge on any atom is -0.481 e. The van der Waals surface area contributed by atoms with E-state index in [4.69, 9.17) is 0 Å². The van der Waals surface area contributed by atoms with Gasteiger partial charge in [0.15, 0.2) is 0 Å². The molecule has 0 aromatic rings. The largest absolute Gasteiger partial charge is 0.481 e. The van der Waals surface area contributed by atoms with Crippen LogP contribution in [0.3, 0.4) is 0 Å². The maximum Gasteiger partial charge on any atom is 0.320 e. The summed E-state index contributed by atoms with van der Waals surface area (Å²) in [4.78, 5) is 27.6. The topological polar surface area (TPSA) is 60.9 Å². The summed E-state index contributed by atoms with van der Waals surface area (Å²) in [6.45, 7) is 7.29. The van der Waals surface area contributed by atoms with Crippen LogP contribution in [0.25, 0.3) is 0 Å². The number of nitrogens with zero attached hydrogens (tertiary/aromatic N) is 2. The fourth-order valence-electron chi connectivity index (χ4n) is 2.93. The van der Waals surface area contributed by atoms with Gasteiger partial charge in [0.05, 0.1) is 5.41 Å². The maximum absolute atomic E-state index is 12.5. The van der Waals surface area contributed by atoms with E-state index in [1.807, 2.05) is 11.8 Å². The van der Waals surface area contributed by atoms with Crippen molar-refractivity contribution >= 4 is 12.0 Å². The number of aliphatic carboxylic acids is 1. The van der Waals surface area contributed by atoms with Gasteiger partial charge in [-0.15, -0.1) is 6.58 Å². The van der Waals surface area contributed by atoms with Crippen molar-refractivity contribution in [2.45, 2.75) is 45.1 Å². The lowest BCUT2D eigenvalue weighted by Gasteiger charge is -2.40. The number of carbonyl (C=O) groups excluding carboxylic acids is 1. The fraction of sp³-hybridized carbons (Fsp3) is 0.733. The molecule has 5 nitrogen and oxygen atoms in total. The van der Waals surface area contributed by atoms with Crippen LogP contribution < -0.4 is 0 Å². The molecule has 0 atom stereocenters. The highest BCUT2D eigenvalue weighted by molar-refractivity contribution is 5.77. The molecule has 2 aliphatic rings. The molecule has 2 amide bonds. The number of urea groups is 1. The molecule has 1 aliphatic carbocycles. The number of carboxylic acid groups (broad SMARTS) is 1. The molecule has 1 saturated heterocycles. The van der Waals surface area contributed by atoms with Crippen LogP contribution in [0.4, 0.5) is 4.79 Å². The average molecular weight is 280 g/mol. The van der Waals surface area contributed by atoms with Gasteiger partial charge < -0.3 is 14.9 Å². The quantitative estimate of drug-likeness (QED) is 0.786. The summed E-state index contributed by atoms with van der Waals surface area (Å²) >= 11 is 0. The number of amides is 2. The van der Waals surface area contributed by atoms with E-state index < -0.39 is 11.4 Å². The Labute approximate surface area is 120 Å². The molecule has 1 N–H and O–H groups in total. The summed E-state index contributed by atoms with van der Waals surface area (Å²) in [7, 11) is 0. The molecule has 0 unspecified atom stereocenters. The van der Waals surface area contributed by atoms with Crippen molar-refractivity contribution < 1.29 is 14.7 Å². The van der Waals surface area contributed by atoms with Crippen molar-refractivity contribution in [3.63, 3.8) is 0 Å². The highest BCUT2D eigenvalue weighted by Gasteiger charge is 2.42. The molecule has 20 heavy (non-hydrogen) atoms. The summed E-state index contributed by atoms with van der Waals surface area (Å²) in [5.41, 5.74) is -0.639. The molecule has 0 bridgehead atoms. The molecule has 5 heteroatoms. The van der Waals surface area contributed by atoms with Crippen LogP contribution in [-0.2, 0) is 4.79 Å². The minimum absolute atomic E-state index is 0.0440. The van der Waals surface area contributed by atoms with Gasteiger partial charge in [-0.05, 0) is 32.1 Å². The van der Waals surface area contributed by atoms with Gasteiger partial charge in [-0.2, -0.15) is 0 Å². The van der Waals surface area contributed by atoms with E-state index in [2.05, 4.69) is 6.58 Å². The maximum atomic E-state index is 12.5. The number of carboxylic acids is 1. The summed E-state index contributed by atoms with van der Waals surface area (Å²) < 4.78 is 0. The number of carbonyl (C=O) groups is 2. The molecule has 0 aromatic carbocycles. The van der Waals surface area contributed by atoms with Crippen LogP contribution in [-0.4, -0.2) is 52.6 Å². The Morgan fingerprint density at radius 3 is 2.40 bits per heavy atom. The second-order valence-electron chi connectivity index (χ2n) is 5.88. The Hall–Kier alpha value is -1.52. The first kappa shape index (κ1) is 14.9. The van der Waals surface area contributed by atoms with Crippen LogP contribution in [0.5, 0.6) is 0 Å². The van der Waals surface area contributed by atoms with Crippen molar-refractivity contribution in [1.82, 2.24) is 9.80 Å². The molecule has 0 radical (unpaired) electrons. The van der Waals surface area contributed by atoms with Gasteiger partial charge >= 0.3 is 12.0 Å². The predicted octanol–water partition coefficient (Wildman–Crippen LogP) is 2.33. The molecular weight excluding hydrogens is 256 g/mol. The summed E-state index contributed by atoms with van der Waals surface area (Å²) in [5, 5.41) is 9.38. The van der Waals surface area contributed by atoms with Gasteiger partial charge in [0, 0.05) is 25.7 Å². The van der Waals surface area contributed by atoms with Crippen molar-refractivity contribution in [2.24, 2.45) is 5.41 Å². The monoisotopic (exact) mass is 280 g/mol. The number of likely N-dealkylation sites (tertiary alicyclic amines) is 1. The second-order valence-corrected chi connectivity index (χ2v) is 5.88. The number of hydrogen-bond acceptors (Lipinski definition) is 2. The lowest BCUT2D eigenvalue weighted by atomic mass is 9.76. The van der Waals surface area contributed by atoms with Crippen molar-refractivity contribution in [3.8, 4) is 0 Å².